The second kappa shape index (κ2) is 47.8. The molecule has 9 heteroatoms. The predicted molar refractivity (Wildman–Crippen MR) is 279 cm³/mol. The molecule has 0 aliphatic carbocycles. The molecule has 0 bridgehead atoms. The topological polar surface area (TPSA) is 108 Å². The fourth-order valence-electron chi connectivity index (χ4n) is 8.17. The zero-order chi connectivity index (χ0) is 47.8. The summed E-state index contributed by atoms with van der Waals surface area (Å²) in [5.74, 6) is -0.205. The Morgan fingerprint density at radius 1 is 0.523 bits per heavy atom. The number of hydrogen-bond donors (Lipinski definition) is 2. The highest BCUT2D eigenvalue weighted by atomic mass is 31.2. The third-order valence-corrected chi connectivity index (χ3v) is 13.5. The van der Waals surface area contributed by atoms with Crippen LogP contribution < -0.4 is 10.2 Å². The van der Waals surface area contributed by atoms with Crippen molar-refractivity contribution in [1.82, 2.24) is 5.32 Å². The maximum atomic E-state index is 12.9. The van der Waals surface area contributed by atoms with Gasteiger partial charge in [0, 0.05) is 6.42 Å². The number of allylic oxidation sites excluding steroid dienone is 5. The molecule has 0 aliphatic heterocycles. The number of aliphatic hydroxyl groups excluding tert-OH is 1. The number of phosphoric acid groups is 1. The van der Waals surface area contributed by atoms with E-state index in [1.807, 2.05) is 27.2 Å². The normalized spacial score (nSPS) is 14.3. The Labute approximate surface area is 404 Å². The van der Waals surface area contributed by atoms with Crippen molar-refractivity contribution in [3.63, 3.8) is 0 Å². The minimum atomic E-state index is -4.60. The van der Waals surface area contributed by atoms with Gasteiger partial charge in [-0.05, 0) is 57.8 Å². The van der Waals surface area contributed by atoms with Crippen LogP contribution in [-0.2, 0) is 18.4 Å². The van der Waals surface area contributed by atoms with Gasteiger partial charge in [-0.3, -0.25) is 9.36 Å². The fraction of sp³-hybridized carbons (Fsp3) is 0.875. The highest BCUT2D eigenvalue weighted by Crippen LogP contribution is 2.38. The second-order valence-electron chi connectivity index (χ2n) is 20.3. The molecule has 3 atom stereocenters. The molecule has 0 heterocycles. The summed E-state index contributed by atoms with van der Waals surface area (Å²) >= 11 is 0. The molecule has 2 N–H and O–H groups in total. The van der Waals surface area contributed by atoms with Crippen molar-refractivity contribution in [3.05, 3.63) is 36.5 Å². The number of nitrogens with zero attached hydrogens (tertiary/aromatic N) is 1. The first-order chi connectivity index (χ1) is 31.5. The first kappa shape index (κ1) is 63.7. The molecule has 3 unspecified atom stereocenters. The van der Waals surface area contributed by atoms with Crippen molar-refractivity contribution in [2.75, 3.05) is 40.9 Å². The lowest BCUT2D eigenvalue weighted by Gasteiger charge is -2.29. The molecule has 0 aromatic rings. The standard InChI is InChI=1S/C56H109N2O6P/c1-6-8-10-12-14-16-18-20-22-24-26-28-29-30-32-34-36-38-40-42-44-46-48-50-56(60)57-54(53-64-65(61,62)63-52-51-58(3,4)5)55(59)49-47-45-43-41-39-37-35-33-31-27-25-23-21-19-17-15-13-11-9-7-2/h24,26,39,41,47,49,54-55,59H,6-23,25,27-38,40,42-46,48,50-53H2,1-5H3,(H-,57,60,61,62)/b26-24-,41-39+,49-47+. The highest BCUT2D eigenvalue weighted by molar-refractivity contribution is 7.45. The van der Waals surface area contributed by atoms with Gasteiger partial charge in [-0.1, -0.05) is 237 Å². The van der Waals surface area contributed by atoms with E-state index in [-0.39, 0.29) is 12.5 Å². The number of phosphoric ester groups is 1. The summed E-state index contributed by atoms with van der Waals surface area (Å²) in [6.07, 6.45) is 60.7. The van der Waals surface area contributed by atoms with Gasteiger partial charge >= 0.3 is 0 Å². The number of aliphatic hydroxyl groups is 1. The number of quaternary nitrogens is 1. The maximum Gasteiger partial charge on any atom is 0.268 e. The van der Waals surface area contributed by atoms with Crippen LogP contribution >= 0.6 is 7.82 Å². The zero-order valence-electron chi connectivity index (χ0n) is 43.7. The van der Waals surface area contributed by atoms with Crippen LogP contribution in [0.4, 0.5) is 0 Å². The Kier molecular flexibility index (Phi) is 46.8. The number of amides is 1. The molecular weight excluding hydrogens is 828 g/mol. The van der Waals surface area contributed by atoms with Crippen molar-refractivity contribution in [2.24, 2.45) is 0 Å². The zero-order valence-corrected chi connectivity index (χ0v) is 44.6. The number of hydrogen-bond acceptors (Lipinski definition) is 6. The fourth-order valence-corrected chi connectivity index (χ4v) is 8.89. The molecule has 65 heavy (non-hydrogen) atoms. The van der Waals surface area contributed by atoms with Gasteiger partial charge in [-0.25, -0.2) is 0 Å². The van der Waals surface area contributed by atoms with Crippen LogP contribution in [0, 0.1) is 0 Å². The lowest BCUT2D eigenvalue weighted by Crippen LogP contribution is -2.45. The van der Waals surface area contributed by atoms with Crippen LogP contribution in [0.3, 0.4) is 0 Å². The Bertz CT molecular complexity index is 1150. The summed E-state index contributed by atoms with van der Waals surface area (Å²) in [5.41, 5.74) is 0. The average molecular weight is 937 g/mol. The van der Waals surface area contributed by atoms with Crippen LogP contribution in [0.1, 0.15) is 264 Å². The molecule has 8 nitrogen and oxygen atoms in total. The Morgan fingerprint density at radius 3 is 1.25 bits per heavy atom. The van der Waals surface area contributed by atoms with Gasteiger partial charge < -0.3 is 28.8 Å². The third kappa shape index (κ3) is 50.4. The smallest absolute Gasteiger partial charge is 0.268 e. The molecule has 0 saturated carbocycles. The van der Waals surface area contributed by atoms with E-state index in [2.05, 4.69) is 43.5 Å². The van der Waals surface area contributed by atoms with Crippen molar-refractivity contribution in [2.45, 2.75) is 276 Å². The van der Waals surface area contributed by atoms with Crippen molar-refractivity contribution in [3.8, 4) is 0 Å². The van der Waals surface area contributed by atoms with E-state index in [1.54, 1.807) is 6.08 Å². The minimum absolute atomic E-state index is 0.00573. The largest absolute Gasteiger partial charge is 0.756 e. The van der Waals surface area contributed by atoms with Gasteiger partial charge in [0.25, 0.3) is 7.82 Å². The van der Waals surface area contributed by atoms with Crippen LogP contribution in [0.25, 0.3) is 0 Å². The van der Waals surface area contributed by atoms with Crippen LogP contribution in [0.2, 0.25) is 0 Å². The minimum Gasteiger partial charge on any atom is -0.756 e. The summed E-state index contributed by atoms with van der Waals surface area (Å²) in [6.45, 7) is 4.66. The van der Waals surface area contributed by atoms with E-state index in [0.717, 1.165) is 38.5 Å². The molecule has 0 rings (SSSR count). The molecule has 0 radical (unpaired) electrons. The second-order valence-corrected chi connectivity index (χ2v) is 21.7. The quantitative estimate of drug-likeness (QED) is 0.0272. The summed E-state index contributed by atoms with van der Waals surface area (Å²) in [6, 6.07) is -0.903. The lowest BCUT2D eigenvalue weighted by molar-refractivity contribution is -0.870. The van der Waals surface area contributed by atoms with Crippen molar-refractivity contribution in [1.29, 1.82) is 0 Å². The number of unbranched alkanes of at least 4 members (excludes halogenated alkanes) is 34. The Morgan fingerprint density at radius 2 is 0.862 bits per heavy atom. The van der Waals surface area contributed by atoms with E-state index in [9.17, 15) is 19.4 Å². The number of carbonyl (C=O) groups is 1. The van der Waals surface area contributed by atoms with Gasteiger partial charge in [0.2, 0.25) is 5.91 Å². The summed E-state index contributed by atoms with van der Waals surface area (Å²) in [4.78, 5) is 25.5. The van der Waals surface area contributed by atoms with Gasteiger partial charge in [-0.2, -0.15) is 0 Å². The van der Waals surface area contributed by atoms with E-state index in [1.165, 1.54) is 205 Å². The van der Waals surface area contributed by atoms with E-state index in [0.29, 0.717) is 17.4 Å². The van der Waals surface area contributed by atoms with Gasteiger partial charge in [0.15, 0.2) is 0 Å². The number of rotatable bonds is 51. The summed E-state index contributed by atoms with van der Waals surface area (Å²) in [7, 11) is 1.25. The molecule has 0 fully saturated rings. The summed E-state index contributed by atoms with van der Waals surface area (Å²) < 4.78 is 23.3. The van der Waals surface area contributed by atoms with E-state index < -0.39 is 26.6 Å². The predicted octanol–water partition coefficient (Wildman–Crippen LogP) is 16.0. The van der Waals surface area contributed by atoms with Gasteiger partial charge in [0.05, 0.1) is 39.9 Å². The first-order valence-electron chi connectivity index (χ1n) is 27.9. The van der Waals surface area contributed by atoms with Crippen LogP contribution in [-0.4, -0.2) is 68.5 Å². The Hall–Kier alpha value is -1.28. The molecule has 1 amide bonds. The van der Waals surface area contributed by atoms with Crippen molar-refractivity contribution >= 4 is 13.7 Å². The van der Waals surface area contributed by atoms with E-state index >= 15 is 0 Å². The highest BCUT2D eigenvalue weighted by Gasteiger charge is 2.23. The van der Waals surface area contributed by atoms with Crippen LogP contribution in [0.15, 0.2) is 36.5 Å². The monoisotopic (exact) mass is 937 g/mol. The number of carbonyl (C=O) groups excluding carboxylic acids is 1. The first-order valence-corrected chi connectivity index (χ1v) is 29.3. The molecule has 0 saturated heterocycles. The maximum absolute atomic E-state index is 12.9. The molecule has 0 spiro atoms. The average Bonchev–Trinajstić information content (AvgIpc) is 3.26. The molecule has 384 valence electrons. The Balaban J connectivity index is 4.27. The number of nitrogens with one attached hydrogen (secondary N) is 1. The SMILES string of the molecule is CCCCCCCCCC/C=C\CCCCCCCCCCCCCC(=O)NC(COP(=O)([O-])OCC[N+](C)(C)C)C(O)/C=C/CC/C=C/CCCCCCCCCCCCCCCC. The molecule has 0 aromatic carbocycles. The van der Waals surface area contributed by atoms with Gasteiger partial charge in [-0.15, -0.1) is 0 Å². The molecule has 0 aromatic heterocycles. The van der Waals surface area contributed by atoms with Crippen LogP contribution in [0.5, 0.6) is 0 Å². The summed E-state index contributed by atoms with van der Waals surface area (Å²) in [5, 5.41) is 13.9. The van der Waals surface area contributed by atoms with E-state index in [4.69, 9.17) is 9.05 Å². The number of likely N-dealkylation sites (N-methyl/N-ethyl adjacent to an activating group) is 1. The third-order valence-electron chi connectivity index (χ3n) is 12.6. The van der Waals surface area contributed by atoms with Gasteiger partial charge in [0.1, 0.15) is 13.2 Å². The molecule has 0 aliphatic rings. The van der Waals surface area contributed by atoms with Crippen molar-refractivity contribution < 1.29 is 32.9 Å². The lowest BCUT2D eigenvalue weighted by atomic mass is 10.0. The molecular formula is C56H109N2O6P.